The van der Waals surface area contributed by atoms with E-state index in [4.69, 9.17) is 0 Å². The van der Waals surface area contributed by atoms with Crippen LogP contribution in [-0.4, -0.2) is 45.7 Å². The average molecular weight is 288 g/mol. The number of fused-ring (bicyclic) bond motifs is 1. The number of urea groups is 1. The summed E-state index contributed by atoms with van der Waals surface area (Å²) in [5.74, 6) is 2.01. The maximum absolute atomic E-state index is 12.3. The number of benzene rings is 1. The van der Waals surface area contributed by atoms with Crippen LogP contribution in [0.2, 0.25) is 0 Å². The van der Waals surface area contributed by atoms with E-state index in [1.54, 1.807) is 0 Å². The molecule has 1 fully saturated rings. The Morgan fingerprint density at radius 2 is 2.10 bits per heavy atom. The van der Waals surface area contributed by atoms with Gasteiger partial charge < -0.3 is 10.2 Å². The lowest BCUT2D eigenvalue weighted by atomic mass is 10.2. The number of aryl methyl sites for hydroxylation is 1. The number of aromatic nitrogens is 2. The Morgan fingerprint density at radius 1 is 1.30 bits per heavy atom. The summed E-state index contributed by atoms with van der Waals surface area (Å²) < 4.78 is 0. The number of carbonyl (C=O) groups excluding carboxylic acids is 1. The first-order chi connectivity index (χ1) is 9.74. The molecule has 1 aliphatic rings. The van der Waals surface area contributed by atoms with E-state index < -0.39 is 0 Å². The van der Waals surface area contributed by atoms with Gasteiger partial charge in [-0.15, -0.1) is 0 Å². The Kier molecular flexibility index (Phi) is 3.73. The normalized spacial score (nSPS) is 15.3. The predicted molar refractivity (Wildman–Crippen MR) is 82.2 cm³/mol. The van der Waals surface area contributed by atoms with Crippen LogP contribution in [0.1, 0.15) is 5.69 Å². The van der Waals surface area contributed by atoms with Gasteiger partial charge in [0, 0.05) is 30.0 Å². The lowest BCUT2D eigenvalue weighted by Crippen LogP contribution is -2.40. The predicted octanol–water partition coefficient (Wildman–Crippen LogP) is 2.52. The standard InChI is InChI=1S/C14H16N4OS/c1-10-9-11-12(3-2-4-13(11)17-16-10)15-14(19)18-5-7-20-8-6-18/h2-4,9H,5-8H2,1H3,(H,15,19). The molecule has 3 rings (SSSR count). The highest BCUT2D eigenvalue weighted by atomic mass is 32.2. The fourth-order valence-electron chi connectivity index (χ4n) is 2.23. The molecule has 1 saturated heterocycles. The van der Waals surface area contributed by atoms with E-state index in [2.05, 4.69) is 15.5 Å². The number of nitrogens with zero attached hydrogens (tertiary/aromatic N) is 3. The molecule has 0 aliphatic carbocycles. The number of thioether (sulfide) groups is 1. The molecule has 0 radical (unpaired) electrons. The zero-order chi connectivity index (χ0) is 13.9. The number of rotatable bonds is 1. The van der Waals surface area contributed by atoms with Crippen LogP contribution < -0.4 is 5.32 Å². The molecule has 0 spiro atoms. The molecule has 0 unspecified atom stereocenters. The molecule has 20 heavy (non-hydrogen) atoms. The van der Waals surface area contributed by atoms with Gasteiger partial charge in [-0.3, -0.25) is 0 Å². The molecule has 1 aromatic heterocycles. The van der Waals surface area contributed by atoms with Crippen LogP contribution in [0.3, 0.4) is 0 Å². The van der Waals surface area contributed by atoms with Gasteiger partial charge in [0.2, 0.25) is 0 Å². The zero-order valence-electron chi connectivity index (χ0n) is 11.3. The Balaban J connectivity index is 1.86. The highest BCUT2D eigenvalue weighted by Gasteiger charge is 2.17. The van der Waals surface area contributed by atoms with Gasteiger partial charge in [0.1, 0.15) is 0 Å². The molecule has 2 heterocycles. The Morgan fingerprint density at radius 3 is 2.90 bits per heavy atom. The van der Waals surface area contributed by atoms with Gasteiger partial charge in [-0.2, -0.15) is 22.0 Å². The van der Waals surface area contributed by atoms with Crippen LogP contribution >= 0.6 is 11.8 Å². The second-order valence-corrected chi connectivity index (χ2v) is 5.98. The van der Waals surface area contributed by atoms with Crippen LogP contribution in [0.4, 0.5) is 10.5 Å². The molecular weight excluding hydrogens is 272 g/mol. The van der Waals surface area contributed by atoms with Crippen molar-refractivity contribution in [3.8, 4) is 0 Å². The number of anilines is 1. The first-order valence-electron chi connectivity index (χ1n) is 6.61. The second-order valence-electron chi connectivity index (χ2n) is 4.75. The van der Waals surface area contributed by atoms with Crippen molar-refractivity contribution in [2.24, 2.45) is 0 Å². The quantitative estimate of drug-likeness (QED) is 0.876. The van der Waals surface area contributed by atoms with Crippen molar-refractivity contribution in [3.05, 3.63) is 30.0 Å². The van der Waals surface area contributed by atoms with Gasteiger partial charge in [-0.25, -0.2) is 4.79 Å². The lowest BCUT2D eigenvalue weighted by molar-refractivity contribution is 0.217. The maximum Gasteiger partial charge on any atom is 0.321 e. The molecule has 1 aromatic carbocycles. The van der Waals surface area contributed by atoms with Gasteiger partial charge in [0.15, 0.2) is 0 Å². The SMILES string of the molecule is Cc1cc2c(NC(=O)N3CCSCC3)cccc2nn1. The van der Waals surface area contributed by atoms with Gasteiger partial charge in [0.25, 0.3) is 0 Å². The molecule has 1 N–H and O–H groups in total. The highest BCUT2D eigenvalue weighted by molar-refractivity contribution is 7.99. The van der Waals surface area contributed by atoms with Crippen molar-refractivity contribution in [3.63, 3.8) is 0 Å². The summed E-state index contributed by atoms with van der Waals surface area (Å²) in [4.78, 5) is 14.1. The largest absolute Gasteiger partial charge is 0.323 e. The molecule has 0 saturated carbocycles. The summed E-state index contributed by atoms with van der Waals surface area (Å²) in [5.41, 5.74) is 2.43. The van der Waals surface area contributed by atoms with Crippen molar-refractivity contribution in [1.82, 2.24) is 15.1 Å². The molecular formula is C14H16N4OS. The van der Waals surface area contributed by atoms with Crippen LogP contribution in [0, 0.1) is 6.92 Å². The van der Waals surface area contributed by atoms with E-state index in [0.29, 0.717) is 0 Å². The van der Waals surface area contributed by atoms with Crippen LogP contribution in [0.5, 0.6) is 0 Å². The monoisotopic (exact) mass is 288 g/mol. The number of hydrogen-bond donors (Lipinski definition) is 1. The first kappa shape index (κ1) is 13.2. The van der Waals surface area contributed by atoms with E-state index in [1.807, 2.05) is 47.9 Å². The van der Waals surface area contributed by atoms with Crippen LogP contribution in [0.15, 0.2) is 24.3 Å². The summed E-state index contributed by atoms with van der Waals surface area (Å²) in [6.45, 7) is 3.51. The molecule has 0 bridgehead atoms. The molecule has 2 aromatic rings. The van der Waals surface area contributed by atoms with Gasteiger partial charge in [0.05, 0.1) is 16.9 Å². The third-order valence-corrected chi connectivity index (χ3v) is 4.23. The highest BCUT2D eigenvalue weighted by Crippen LogP contribution is 2.22. The molecule has 5 nitrogen and oxygen atoms in total. The Hall–Kier alpha value is -1.82. The summed E-state index contributed by atoms with van der Waals surface area (Å²) >= 11 is 1.89. The zero-order valence-corrected chi connectivity index (χ0v) is 12.1. The molecule has 6 heteroatoms. The minimum Gasteiger partial charge on any atom is -0.323 e. The fourth-order valence-corrected chi connectivity index (χ4v) is 3.14. The van der Waals surface area contributed by atoms with Gasteiger partial charge in [-0.05, 0) is 25.1 Å². The summed E-state index contributed by atoms with van der Waals surface area (Å²) in [5, 5.41) is 12.1. The molecule has 1 aliphatic heterocycles. The number of carbonyl (C=O) groups is 1. The third-order valence-electron chi connectivity index (χ3n) is 3.29. The molecule has 2 amide bonds. The van der Waals surface area contributed by atoms with E-state index in [9.17, 15) is 4.79 Å². The van der Waals surface area contributed by atoms with Crippen LogP contribution in [0.25, 0.3) is 10.9 Å². The lowest BCUT2D eigenvalue weighted by Gasteiger charge is -2.26. The summed E-state index contributed by atoms with van der Waals surface area (Å²) in [7, 11) is 0. The minimum atomic E-state index is -0.0349. The molecule has 104 valence electrons. The topological polar surface area (TPSA) is 58.1 Å². The Bertz CT molecular complexity index is 640. The minimum absolute atomic E-state index is 0.0349. The average Bonchev–Trinajstić information content (AvgIpc) is 2.49. The van der Waals surface area contributed by atoms with Crippen molar-refractivity contribution < 1.29 is 4.79 Å². The first-order valence-corrected chi connectivity index (χ1v) is 7.76. The third kappa shape index (κ3) is 2.70. The van der Waals surface area contributed by atoms with Crippen molar-refractivity contribution >= 4 is 34.4 Å². The van der Waals surface area contributed by atoms with E-state index in [-0.39, 0.29) is 6.03 Å². The maximum atomic E-state index is 12.3. The van der Waals surface area contributed by atoms with Gasteiger partial charge >= 0.3 is 6.03 Å². The van der Waals surface area contributed by atoms with Crippen molar-refractivity contribution in [2.75, 3.05) is 29.9 Å². The Labute approximate surface area is 121 Å². The van der Waals surface area contributed by atoms with E-state index in [0.717, 1.165) is 46.9 Å². The van der Waals surface area contributed by atoms with Gasteiger partial charge in [-0.1, -0.05) is 6.07 Å². The van der Waals surface area contributed by atoms with E-state index in [1.165, 1.54) is 0 Å². The number of hydrogen-bond acceptors (Lipinski definition) is 4. The number of amides is 2. The van der Waals surface area contributed by atoms with E-state index >= 15 is 0 Å². The van der Waals surface area contributed by atoms with Crippen LogP contribution in [-0.2, 0) is 0 Å². The fraction of sp³-hybridized carbons (Fsp3) is 0.357. The second kappa shape index (κ2) is 5.66. The van der Waals surface area contributed by atoms with Crippen molar-refractivity contribution in [2.45, 2.75) is 6.92 Å². The molecule has 0 atom stereocenters. The summed E-state index contributed by atoms with van der Waals surface area (Å²) in [6, 6.07) is 7.60. The smallest absolute Gasteiger partial charge is 0.321 e. The summed E-state index contributed by atoms with van der Waals surface area (Å²) in [6.07, 6.45) is 0. The van der Waals surface area contributed by atoms with Crippen molar-refractivity contribution in [1.29, 1.82) is 0 Å². The number of nitrogens with one attached hydrogen (secondary N) is 1.